The Morgan fingerprint density at radius 2 is 1.78 bits per heavy atom. The zero-order valence-corrected chi connectivity index (χ0v) is 15.1. The van der Waals surface area contributed by atoms with Gasteiger partial charge in [0.25, 0.3) is 0 Å². The van der Waals surface area contributed by atoms with Crippen LogP contribution in [0.1, 0.15) is 5.56 Å². The Balaban J connectivity index is 1.40. The average Bonchev–Trinajstić information content (AvgIpc) is 3.18. The number of aromatic amines is 1. The summed E-state index contributed by atoms with van der Waals surface area (Å²) < 4.78 is 5.92. The summed E-state index contributed by atoms with van der Waals surface area (Å²) in [4.78, 5) is 3.23. The number of hydrogen-bond donors (Lipinski definition) is 3. The number of nitrogens with two attached hydrogens (primary N) is 1. The molecule has 0 saturated heterocycles. The fraction of sp³-hybridized carbons (Fsp3) is 0.130. The van der Waals surface area contributed by atoms with Crippen molar-refractivity contribution in [3.63, 3.8) is 0 Å². The second-order valence-electron chi connectivity index (χ2n) is 6.66. The zero-order chi connectivity index (χ0) is 18.5. The lowest BCUT2D eigenvalue weighted by Gasteiger charge is -2.14. The average molecular weight is 357 g/mol. The predicted octanol–water partition coefficient (Wildman–Crippen LogP) is 4.86. The minimum absolute atomic E-state index is 0.0439. The second kappa shape index (κ2) is 7.98. The van der Waals surface area contributed by atoms with Crippen molar-refractivity contribution in [1.29, 1.82) is 0 Å². The van der Waals surface area contributed by atoms with E-state index < -0.39 is 0 Å². The summed E-state index contributed by atoms with van der Waals surface area (Å²) >= 11 is 0. The fourth-order valence-corrected chi connectivity index (χ4v) is 3.19. The molecule has 0 saturated carbocycles. The van der Waals surface area contributed by atoms with Crippen LogP contribution in [0.3, 0.4) is 0 Å². The molecule has 1 aromatic heterocycles. The molecule has 4 nitrogen and oxygen atoms in total. The van der Waals surface area contributed by atoms with Crippen LogP contribution in [-0.4, -0.2) is 17.6 Å². The third-order valence-electron chi connectivity index (χ3n) is 4.51. The highest BCUT2D eigenvalue weighted by Gasteiger charge is 2.07. The summed E-state index contributed by atoms with van der Waals surface area (Å²) in [7, 11) is 0. The topological polar surface area (TPSA) is 63.1 Å². The van der Waals surface area contributed by atoms with Crippen molar-refractivity contribution in [2.24, 2.45) is 5.73 Å². The molecule has 136 valence electrons. The van der Waals surface area contributed by atoms with Gasteiger partial charge in [-0.1, -0.05) is 42.5 Å². The number of nitrogens with one attached hydrogen (secondary N) is 2. The molecular weight excluding hydrogens is 334 g/mol. The Morgan fingerprint density at radius 1 is 0.926 bits per heavy atom. The Labute approximate surface area is 159 Å². The van der Waals surface area contributed by atoms with E-state index in [0.29, 0.717) is 6.61 Å². The number of H-pyrrole nitrogens is 1. The lowest BCUT2D eigenvalue weighted by Crippen LogP contribution is -2.30. The highest BCUT2D eigenvalue weighted by molar-refractivity contribution is 5.93. The fourth-order valence-electron chi connectivity index (χ4n) is 3.19. The number of anilines is 2. The van der Waals surface area contributed by atoms with Crippen LogP contribution in [0, 0.1) is 0 Å². The van der Waals surface area contributed by atoms with Crippen LogP contribution in [0.5, 0.6) is 5.75 Å². The van der Waals surface area contributed by atoms with Crippen molar-refractivity contribution >= 4 is 22.3 Å². The van der Waals surface area contributed by atoms with Crippen LogP contribution in [0.4, 0.5) is 11.4 Å². The van der Waals surface area contributed by atoms with E-state index in [1.54, 1.807) is 0 Å². The molecule has 1 heterocycles. The molecule has 1 atom stereocenters. The molecule has 0 amide bonds. The normalized spacial score (nSPS) is 12.0. The minimum Gasteiger partial charge on any atom is -0.492 e. The maximum atomic E-state index is 6.22. The first-order chi connectivity index (χ1) is 13.3. The third kappa shape index (κ3) is 4.30. The van der Waals surface area contributed by atoms with Gasteiger partial charge in [-0.2, -0.15) is 0 Å². The summed E-state index contributed by atoms with van der Waals surface area (Å²) in [5, 5.41) is 4.63. The standard InChI is InChI=1S/C23H23N3O/c24-18(14-17-6-2-1-3-7-17)16-27-20-9-4-8-19(15-20)26-23-11-5-10-22-21(23)12-13-25-22/h1-13,15,18,25-26H,14,16,24H2/t18-/m1/s1. The van der Waals surface area contributed by atoms with E-state index in [4.69, 9.17) is 10.5 Å². The van der Waals surface area contributed by atoms with Gasteiger partial charge in [-0.3, -0.25) is 0 Å². The smallest absolute Gasteiger partial charge is 0.121 e. The molecule has 4 heteroatoms. The van der Waals surface area contributed by atoms with Crippen molar-refractivity contribution < 1.29 is 4.74 Å². The number of rotatable bonds is 7. The van der Waals surface area contributed by atoms with Crippen molar-refractivity contribution in [3.8, 4) is 5.75 Å². The molecule has 27 heavy (non-hydrogen) atoms. The maximum Gasteiger partial charge on any atom is 0.121 e. The van der Waals surface area contributed by atoms with Gasteiger partial charge in [-0.05, 0) is 42.3 Å². The summed E-state index contributed by atoms with van der Waals surface area (Å²) in [6.07, 6.45) is 2.75. The summed E-state index contributed by atoms with van der Waals surface area (Å²) in [5.74, 6) is 0.810. The van der Waals surface area contributed by atoms with Gasteiger partial charge >= 0.3 is 0 Å². The number of fused-ring (bicyclic) bond motifs is 1. The lowest BCUT2D eigenvalue weighted by molar-refractivity contribution is 0.288. The van der Waals surface area contributed by atoms with E-state index in [2.05, 4.69) is 40.6 Å². The van der Waals surface area contributed by atoms with Crippen LogP contribution >= 0.6 is 0 Å². The molecule has 4 N–H and O–H groups in total. The first-order valence-corrected chi connectivity index (χ1v) is 9.13. The van der Waals surface area contributed by atoms with Gasteiger partial charge in [-0.15, -0.1) is 0 Å². The quantitative estimate of drug-likeness (QED) is 0.442. The molecule has 0 aliphatic carbocycles. The molecule has 0 aliphatic rings. The number of aromatic nitrogens is 1. The van der Waals surface area contributed by atoms with Gasteiger partial charge in [0.15, 0.2) is 0 Å². The Bertz CT molecular complexity index is 1010. The van der Waals surface area contributed by atoms with Gasteiger partial charge in [0.05, 0.1) is 0 Å². The third-order valence-corrected chi connectivity index (χ3v) is 4.51. The molecule has 3 aromatic carbocycles. The summed E-state index contributed by atoms with van der Waals surface area (Å²) in [6, 6.07) is 26.4. The van der Waals surface area contributed by atoms with E-state index in [1.165, 1.54) is 5.56 Å². The Hall–Kier alpha value is -3.24. The van der Waals surface area contributed by atoms with Crippen molar-refractivity contribution in [2.45, 2.75) is 12.5 Å². The van der Waals surface area contributed by atoms with Crippen molar-refractivity contribution in [1.82, 2.24) is 4.98 Å². The minimum atomic E-state index is -0.0439. The molecule has 0 radical (unpaired) electrons. The highest BCUT2D eigenvalue weighted by atomic mass is 16.5. The lowest BCUT2D eigenvalue weighted by atomic mass is 10.1. The van der Waals surface area contributed by atoms with E-state index in [1.807, 2.05) is 54.7 Å². The number of hydrogen-bond acceptors (Lipinski definition) is 3. The van der Waals surface area contributed by atoms with E-state index in [0.717, 1.165) is 34.4 Å². The highest BCUT2D eigenvalue weighted by Crippen LogP contribution is 2.27. The largest absolute Gasteiger partial charge is 0.492 e. The summed E-state index contributed by atoms with van der Waals surface area (Å²) in [5.41, 5.74) is 10.6. The Kier molecular flexibility index (Phi) is 5.08. The van der Waals surface area contributed by atoms with Gasteiger partial charge in [0.2, 0.25) is 0 Å². The van der Waals surface area contributed by atoms with Gasteiger partial charge in [0.1, 0.15) is 12.4 Å². The van der Waals surface area contributed by atoms with E-state index in [-0.39, 0.29) is 6.04 Å². The maximum absolute atomic E-state index is 6.22. The molecule has 0 fully saturated rings. The van der Waals surface area contributed by atoms with Gasteiger partial charge in [0, 0.05) is 40.6 Å². The molecule has 4 rings (SSSR count). The van der Waals surface area contributed by atoms with Gasteiger partial charge in [-0.25, -0.2) is 0 Å². The van der Waals surface area contributed by atoms with E-state index >= 15 is 0 Å². The molecule has 0 aliphatic heterocycles. The first-order valence-electron chi connectivity index (χ1n) is 9.13. The SMILES string of the molecule is N[C@@H](COc1cccc(Nc2cccc3[nH]ccc23)c1)Cc1ccccc1. The molecule has 0 bridgehead atoms. The van der Waals surface area contributed by atoms with Crippen LogP contribution in [0.2, 0.25) is 0 Å². The number of benzene rings is 3. The van der Waals surface area contributed by atoms with Crippen LogP contribution in [0.15, 0.2) is 85.1 Å². The predicted molar refractivity (Wildman–Crippen MR) is 112 cm³/mol. The Morgan fingerprint density at radius 3 is 2.67 bits per heavy atom. The van der Waals surface area contributed by atoms with E-state index in [9.17, 15) is 0 Å². The molecule has 0 spiro atoms. The van der Waals surface area contributed by atoms with Crippen LogP contribution < -0.4 is 15.8 Å². The van der Waals surface area contributed by atoms with Crippen LogP contribution in [-0.2, 0) is 6.42 Å². The first kappa shape index (κ1) is 17.2. The van der Waals surface area contributed by atoms with Crippen molar-refractivity contribution in [2.75, 3.05) is 11.9 Å². The number of ether oxygens (including phenoxy) is 1. The van der Waals surface area contributed by atoms with Gasteiger partial charge < -0.3 is 20.8 Å². The molecule has 0 unspecified atom stereocenters. The zero-order valence-electron chi connectivity index (χ0n) is 15.1. The summed E-state index contributed by atoms with van der Waals surface area (Å²) in [6.45, 7) is 0.478. The molecular formula is C23H23N3O. The monoisotopic (exact) mass is 357 g/mol. The second-order valence-corrected chi connectivity index (χ2v) is 6.66. The van der Waals surface area contributed by atoms with Crippen molar-refractivity contribution in [3.05, 3.63) is 90.6 Å². The van der Waals surface area contributed by atoms with Crippen LogP contribution in [0.25, 0.3) is 10.9 Å². The molecule has 4 aromatic rings.